The molecule has 0 radical (unpaired) electrons. The Balaban J connectivity index is 2.50. The summed E-state index contributed by atoms with van der Waals surface area (Å²) in [6.07, 6.45) is 0. The Morgan fingerprint density at radius 1 is 1.13 bits per heavy atom. The molecule has 0 fully saturated rings. The second-order valence-electron chi connectivity index (χ2n) is 4.56. The number of benzene rings is 2. The van der Waals surface area contributed by atoms with Gasteiger partial charge in [0.2, 0.25) is 0 Å². The molecule has 7 nitrogen and oxygen atoms in total. The summed E-state index contributed by atoms with van der Waals surface area (Å²) in [5.41, 5.74) is 0.533. The molecular weight excluding hydrogens is 390 g/mol. The first-order valence-corrected chi connectivity index (χ1v) is 8.48. The van der Waals surface area contributed by atoms with Crippen molar-refractivity contribution >= 4 is 31.7 Å². The number of aryl methyl sites for hydroxylation is 1. The van der Waals surface area contributed by atoms with Crippen LogP contribution >= 0.6 is 15.9 Å². The number of nitro benzene ring substituents is 1. The first kappa shape index (κ1) is 17.2. The van der Waals surface area contributed by atoms with E-state index in [1.54, 1.807) is 12.1 Å². The van der Waals surface area contributed by atoms with Gasteiger partial charge in [0.25, 0.3) is 5.69 Å². The Labute approximate surface area is 141 Å². The topological polar surface area (TPSA) is 95.7 Å². The van der Waals surface area contributed by atoms with Crippen molar-refractivity contribution < 1.29 is 22.3 Å². The van der Waals surface area contributed by atoms with Crippen LogP contribution in [0, 0.1) is 17.0 Å². The third kappa shape index (κ3) is 3.80. The van der Waals surface area contributed by atoms with E-state index in [2.05, 4.69) is 15.9 Å². The van der Waals surface area contributed by atoms with E-state index in [1.807, 2.05) is 6.92 Å². The van der Waals surface area contributed by atoms with Crippen LogP contribution in [0.25, 0.3) is 0 Å². The maximum absolute atomic E-state index is 12.4. The molecule has 9 heteroatoms. The van der Waals surface area contributed by atoms with Crippen LogP contribution < -0.4 is 8.92 Å². The number of hydrogen-bond acceptors (Lipinski definition) is 6. The van der Waals surface area contributed by atoms with Crippen molar-refractivity contribution in [2.24, 2.45) is 0 Å². The quantitative estimate of drug-likeness (QED) is 0.432. The summed E-state index contributed by atoms with van der Waals surface area (Å²) in [7, 11) is -3.04. The summed E-state index contributed by atoms with van der Waals surface area (Å²) in [5.74, 6) is 0.0305. The van der Waals surface area contributed by atoms with Crippen molar-refractivity contribution in [3.8, 4) is 11.5 Å². The normalized spacial score (nSPS) is 11.1. The van der Waals surface area contributed by atoms with Crippen molar-refractivity contribution in [1.29, 1.82) is 0 Å². The number of rotatable bonds is 5. The molecule has 23 heavy (non-hydrogen) atoms. The fraction of sp³-hybridized carbons (Fsp3) is 0.143. The van der Waals surface area contributed by atoms with Gasteiger partial charge in [0, 0.05) is 12.1 Å². The summed E-state index contributed by atoms with van der Waals surface area (Å²) < 4.78 is 35.4. The maximum Gasteiger partial charge on any atom is 0.343 e. The van der Waals surface area contributed by atoms with E-state index in [9.17, 15) is 18.5 Å². The Kier molecular flexibility index (Phi) is 4.90. The highest BCUT2D eigenvalue weighted by Crippen LogP contribution is 2.33. The van der Waals surface area contributed by atoms with E-state index in [4.69, 9.17) is 8.92 Å². The number of non-ortho nitro benzene ring substituents is 1. The van der Waals surface area contributed by atoms with E-state index >= 15 is 0 Å². The van der Waals surface area contributed by atoms with Crippen molar-refractivity contribution in [3.63, 3.8) is 0 Å². The number of ether oxygens (including phenoxy) is 1. The molecule has 0 aliphatic heterocycles. The Morgan fingerprint density at radius 3 is 2.35 bits per heavy atom. The van der Waals surface area contributed by atoms with Crippen LogP contribution in [-0.4, -0.2) is 20.5 Å². The molecule has 0 aromatic heterocycles. The zero-order valence-corrected chi connectivity index (χ0v) is 14.5. The molecule has 122 valence electrons. The van der Waals surface area contributed by atoms with Crippen LogP contribution in [0.4, 0.5) is 5.69 Å². The monoisotopic (exact) mass is 401 g/mol. The lowest BCUT2D eigenvalue weighted by molar-refractivity contribution is -0.385. The minimum atomic E-state index is -4.31. The van der Waals surface area contributed by atoms with Crippen LogP contribution in [0.3, 0.4) is 0 Å². The van der Waals surface area contributed by atoms with E-state index in [1.165, 1.54) is 19.2 Å². The molecule has 2 aromatic rings. The van der Waals surface area contributed by atoms with Gasteiger partial charge < -0.3 is 8.92 Å². The first-order chi connectivity index (χ1) is 10.7. The molecule has 0 atom stereocenters. The zero-order valence-electron chi connectivity index (χ0n) is 12.1. The number of nitrogens with zero attached hydrogens (tertiary/aromatic N) is 1. The summed E-state index contributed by atoms with van der Waals surface area (Å²) in [6, 6.07) is 8.12. The largest absolute Gasteiger partial charge is 0.495 e. The third-order valence-electron chi connectivity index (χ3n) is 2.91. The molecule has 0 unspecified atom stereocenters. The van der Waals surface area contributed by atoms with Gasteiger partial charge in [0.15, 0.2) is 10.6 Å². The summed E-state index contributed by atoms with van der Waals surface area (Å²) in [5, 5.41) is 10.9. The minimum absolute atomic E-state index is 0.0427. The fourth-order valence-electron chi connectivity index (χ4n) is 1.81. The van der Waals surface area contributed by atoms with Crippen molar-refractivity contribution in [3.05, 3.63) is 56.5 Å². The number of methoxy groups -OCH3 is 1. The van der Waals surface area contributed by atoms with Gasteiger partial charge in [-0.25, -0.2) is 0 Å². The van der Waals surface area contributed by atoms with Crippen LogP contribution in [0.15, 0.2) is 45.8 Å². The van der Waals surface area contributed by atoms with Crippen LogP contribution in [0.1, 0.15) is 5.56 Å². The standard InChI is InChI=1S/C14H12BrNO6S/c1-9-3-5-12(11(15)7-9)22-23(19,20)14-8-10(16(17)18)4-6-13(14)21-2/h3-8H,1-2H3. The summed E-state index contributed by atoms with van der Waals surface area (Å²) in [6.45, 7) is 1.84. The van der Waals surface area contributed by atoms with Gasteiger partial charge in [-0.1, -0.05) is 6.07 Å². The van der Waals surface area contributed by atoms with Gasteiger partial charge in [-0.3, -0.25) is 10.1 Å². The average molecular weight is 402 g/mol. The third-order valence-corrected chi connectivity index (χ3v) is 4.79. The molecule has 0 saturated carbocycles. The fourth-order valence-corrected chi connectivity index (χ4v) is 3.63. The number of halogens is 1. The van der Waals surface area contributed by atoms with Crippen LogP contribution in [-0.2, 0) is 10.1 Å². The van der Waals surface area contributed by atoms with Gasteiger partial charge in [-0.05, 0) is 46.6 Å². The molecule has 0 N–H and O–H groups in total. The molecular formula is C14H12BrNO6S. The van der Waals surface area contributed by atoms with Gasteiger partial charge in [-0.15, -0.1) is 0 Å². The summed E-state index contributed by atoms with van der Waals surface area (Å²) >= 11 is 3.22. The second-order valence-corrected chi connectivity index (χ2v) is 6.93. The van der Waals surface area contributed by atoms with E-state index < -0.39 is 19.9 Å². The molecule has 0 bridgehead atoms. The maximum atomic E-state index is 12.4. The molecule has 0 heterocycles. The van der Waals surface area contributed by atoms with E-state index in [0.717, 1.165) is 17.7 Å². The lowest BCUT2D eigenvalue weighted by atomic mass is 10.2. The lowest BCUT2D eigenvalue weighted by Crippen LogP contribution is -2.12. The lowest BCUT2D eigenvalue weighted by Gasteiger charge is -2.11. The Morgan fingerprint density at radius 2 is 1.78 bits per heavy atom. The van der Waals surface area contributed by atoms with Gasteiger partial charge in [0.1, 0.15) is 5.75 Å². The van der Waals surface area contributed by atoms with Crippen molar-refractivity contribution in [2.75, 3.05) is 7.11 Å². The highest BCUT2D eigenvalue weighted by Gasteiger charge is 2.26. The Bertz CT molecular complexity index is 866. The summed E-state index contributed by atoms with van der Waals surface area (Å²) in [4.78, 5) is 9.74. The highest BCUT2D eigenvalue weighted by molar-refractivity contribution is 9.10. The first-order valence-electron chi connectivity index (χ1n) is 6.27. The molecule has 0 spiro atoms. The van der Waals surface area contributed by atoms with E-state index in [-0.39, 0.29) is 17.2 Å². The van der Waals surface area contributed by atoms with Gasteiger partial charge in [0.05, 0.1) is 16.5 Å². The highest BCUT2D eigenvalue weighted by atomic mass is 79.9. The average Bonchev–Trinajstić information content (AvgIpc) is 2.49. The zero-order chi connectivity index (χ0) is 17.2. The number of hydrogen-bond donors (Lipinski definition) is 0. The predicted octanol–water partition coefficient (Wildman–Crippen LogP) is 3.44. The Hall–Kier alpha value is -2.13. The van der Waals surface area contributed by atoms with Crippen LogP contribution in [0.2, 0.25) is 0 Å². The molecule has 0 aliphatic carbocycles. The van der Waals surface area contributed by atoms with Gasteiger partial charge >= 0.3 is 10.1 Å². The predicted molar refractivity (Wildman–Crippen MR) is 86.3 cm³/mol. The second kappa shape index (κ2) is 6.55. The molecule has 0 aliphatic rings. The molecule has 0 saturated heterocycles. The van der Waals surface area contributed by atoms with Crippen molar-refractivity contribution in [1.82, 2.24) is 0 Å². The molecule has 0 amide bonds. The smallest absolute Gasteiger partial charge is 0.343 e. The SMILES string of the molecule is COc1ccc([N+](=O)[O-])cc1S(=O)(=O)Oc1ccc(C)cc1Br. The molecule has 2 rings (SSSR count). The van der Waals surface area contributed by atoms with Gasteiger partial charge in [-0.2, -0.15) is 8.42 Å². The molecule has 2 aromatic carbocycles. The number of nitro groups is 1. The minimum Gasteiger partial charge on any atom is -0.495 e. The van der Waals surface area contributed by atoms with Crippen LogP contribution in [0.5, 0.6) is 11.5 Å². The van der Waals surface area contributed by atoms with Crippen molar-refractivity contribution in [2.45, 2.75) is 11.8 Å². The van der Waals surface area contributed by atoms with E-state index in [0.29, 0.717) is 4.47 Å².